The zero-order valence-electron chi connectivity index (χ0n) is 38.4. The van der Waals surface area contributed by atoms with Gasteiger partial charge in [0.05, 0.1) is 9.70 Å². The summed E-state index contributed by atoms with van der Waals surface area (Å²) in [5, 5.41) is 2.80. The number of fused-ring (bicyclic) bond motifs is 9. The zero-order chi connectivity index (χ0) is 42.6. The Labute approximate surface area is 367 Å². The van der Waals surface area contributed by atoms with Crippen LogP contribution in [0.3, 0.4) is 0 Å². The van der Waals surface area contributed by atoms with E-state index in [9.17, 15) is 0 Å². The van der Waals surface area contributed by atoms with Crippen LogP contribution in [0.15, 0.2) is 91.0 Å². The van der Waals surface area contributed by atoms with E-state index in [-0.39, 0.29) is 33.8 Å². The number of anilines is 6. The molecule has 2 nitrogen and oxygen atoms in total. The van der Waals surface area contributed by atoms with Crippen molar-refractivity contribution in [2.75, 3.05) is 9.80 Å². The summed E-state index contributed by atoms with van der Waals surface area (Å²) in [6.45, 7) is 33.2. The van der Waals surface area contributed by atoms with Gasteiger partial charge in [-0.2, -0.15) is 0 Å². The standard InChI is InChI=1S/C55H61BN2S2/c1-32-27-43-46-44(28-32)58(37-22-17-34(18-23-37)52(5,6)7)50-47(49-48(60-50)38-30-39-40(31-45(38)59-49)55(13,14)26-25-54(39,11)12)56(46)41-29-35(53(8,9)10)19-24-42(41)57(43)36-20-15-33(16-21-36)51(2,3)4/h15-24,27-31H,25-26H2,1-14H3. The highest BCUT2D eigenvalue weighted by atomic mass is 32.1. The molecule has 0 saturated heterocycles. The quantitative estimate of drug-likeness (QED) is 0.160. The van der Waals surface area contributed by atoms with Crippen LogP contribution in [0.5, 0.6) is 0 Å². The molecule has 306 valence electrons. The summed E-state index contributed by atoms with van der Waals surface area (Å²) in [6, 6.07) is 36.4. The van der Waals surface area contributed by atoms with E-state index in [2.05, 4.69) is 198 Å². The van der Waals surface area contributed by atoms with Crippen LogP contribution in [0, 0.1) is 6.92 Å². The molecular formula is C55H61BN2S2. The van der Waals surface area contributed by atoms with Gasteiger partial charge < -0.3 is 9.80 Å². The van der Waals surface area contributed by atoms with E-state index in [1.807, 2.05) is 22.7 Å². The summed E-state index contributed by atoms with van der Waals surface area (Å²) in [5.41, 5.74) is 19.5. The Balaban J connectivity index is 1.31. The highest BCUT2D eigenvalue weighted by Crippen LogP contribution is 2.54. The van der Waals surface area contributed by atoms with Crippen molar-refractivity contribution in [3.63, 3.8) is 0 Å². The summed E-state index contributed by atoms with van der Waals surface area (Å²) >= 11 is 4.07. The first-order valence-electron chi connectivity index (χ1n) is 22.2. The highest BCUT2D eigenvalue weighted by molar-refractivity contribution is 7.37. The van der Waals surface area contributed by atoms with Gasteiger partial charge >= 0.3 is 0 Å². The molecule has 0 spiro atoms. The van der Waals surface area contributed by atoms with Gasteiger partial charge in [-0.05, 0) is 151 Å². The second-order valence-corrected chi connectivity index (χ2v) is 24.7. The molecule has 0 amide bonds. The van der Waals surface area contributed by atoms with Crippen LogP contribution < -0.4 is 26.2 Å². The number of hydrogen-bond donors (Lipinski definition) is 0. The van der Waals surface area contributed by atoms with Crippen LogP contribution in [-0.4, -0.2) is 6.71 Å². The van der Waals surface area contributed by atoms with Gasteiger partial charge in [0.25, 0.3) is 6.71 Å². The molecule has 60 heavy (non-hydrogen) atoms. The van der Waals surface area contributed by atoms with Crippen LogP contribution in [0.4, 0.5) is 33.4 Å². The molecule has 7 aromatic rings. The van der Waals surface area contributed by atoms with Crippen molar-refractivity contribution < 1.29 is 0 Å². The van der Waals surface area contributed by atoms with E-state index in [1.165, 1.54) is 104 Å². The molecule has 1 aliphatic carbocycles. The number of thiophene rings is 2. The topological polar surface area (TPSA) is 6.48 Å². The van der Waals surface area contributed by atoms with Gasteiger partial charge in [0.2, 0.25) is 0 Å². The molecule has 0 saturated carbocycles. The van der Waals surface area contributed by atoms with Gasteiger partial charge in [-0.25, -0.2) is 0 Å². The minimum Gasteiger partial charge on any atom is -0.311 e. The summed E-state index contributed by atoms with van der Waals surface area (Å²) in [5.74, 6) is 0. The van der Waals surface area contributed by atoms with Crippen molar-refractivity contribution in [2.45, 2.75) is 137 Å². The molecule has 0 atom stereocenters. The van der Waals surface area contributed by atoms with E-state index in [1.54, 1.807) is 11.1 Å². The molecule has 4 heterocycles. The monoisotopic (exact) mass is 824 g/mol. The van der Waals surface area contributed by atoms with E-state index in [0.717, 1.165) is 0 Å². The molecule has 0 bridgehead atoms. The fourth-order valence-electron chi connectivity index (χ4n) is 10.4. The minimum absolute atomic E-state index is 0.00316. The third-order valence-corrected chi connectivity index (χ3v) is 16.8. The molecular weight excluding hydrogens is 764 g/mol. The van der Waals surface area contributed by atoms with Gasteiger partial charge in [-0.15, -0.1) is 22.7 Å². The molecule has 0 fully saturated rings. The van der Waals surface area contributed by atoms with Gasteiger partial charge in [0, 0.05) is 43.2 Å². The summed E-state index contributed by atoms with van der Waals surface area (Å²) in [7, 11) is 0. The van der Waals surface area contributed by atoms with Gasteiger partial charge in [-0.1, -0.05) is 126 Å². The molecule has 0 unspecified atom stereocenters. The third-order valence-electron chi connectivity index (χ3n) is 14.3. The Bertz CT molecular complexity index is 2880. The normalized spacial score (nSPS) is 16.9. The Morgan fingerprint density at radius 2 is 1.02 bits per heavy atom. The van der Waals surface area contributed by atoms with Crippen molar-refractivity contribution in [1.29, 1.82) is 0 Å². The maximum atomic E-state index is 2.64. The van der Waals surface area contributed by atoms with Crippen LogP contribution in [0.2, 0.25) is 0 Å². The predicted molar refractivity (Wildman–Crippen MR) is 267 cm³/mol. The predicted octanol–water partition coefficient (Wildman–Crippen LogP) is 14.7. The fraction of sp³-hybridized carbons (Fsp3) is 0.382. The van der Waals surface area contributed by atoms with Crippen molar-refractivity contribution in [1.82, 2.24) is 0 Å². The average Bonchev–Trinajstić information content (AvgIpc) is 3.71. The van der Waals surface area contributed by atoms with E-state index in [0.29, 0.717) is 0 Å². The van der Waals surface area contributed by atoms with Crippen LogP contribution in [0.1, 0.15) is 136 Å². The van der Waals surface area contributed by atoms with Crippen LogP contribution in [-0.2, 0) is 27.1 Å². The number of nitrogens with zero attached hydrogens (tertiary/aromatic N) is 2. The summed E-state index contributed by atoms with van der Waals surface area (Å²) < 4.78 is 4.33. The van der Waals surface area contributed by atoms with Gasteiger partial charge in [0.1, 0.15) is 0 Å². The molecule has 0 radical (unpaired) electrons. The lowest BCUT2D eigenvalue weighted by atomic mass is 9.33. The lowest BCUT2D eigenvalue weighted by Gasteiger charge is -2.44. The van der Waals surface area contributed by atoms with E-state index in [4.69, 9.17) is 0 Å². The zero-order valence-corrected chi connectivity index (χ0v) is 40.0. The molecule has 5 heteroatoms. The highest BCUT2D eigenvalue weighted by Gasteiger charge is 2.47. The number of rotatable bonds is 2. The summed E-state index contributed by atoms with van der Waals surface area (Å²) in [4.78, 5) is 5.22. The van der Waals surface area contributed by atoms with Gasteiger partial charge in [0.15, 0.2) is 0 Å². The maximum absolute atomic E-state index is 2.64. The van der Waals surface area contributed by atoms with Crippen LogP contribution >= 0.6 is 22.7 Å². The Kier molecular flexibility index (Phi) is 8.53. The molecule has 0 N–H and O–H groups in total. The molecule has 10 rings (SSSR count). The first-order valence-corrected chi connectivity index (χ1v) is 23.8. The van der Waals surface area contributed by atoms with Crippen molar-refractivity contribution in [2.24, 2.45) is 0 Å². The first-order chi connectivity index (χ1) is 28.0. The van der Waals surface area contributed by atoms with Crippen LogP contribution in [0.25, 0.3) is 19.5 Å². The third kappa shape index (κ3) is 5.99. The lowest BCUT2D eigenvalue weighted by Crippen LogP contribution is -2.61. The van der Waals surface area contributed by atoms with Crippen molar-refractivity contribution >= 4 is 98.7 Å². The second-order valence-electron chi connectivity index (χ2n) is 22.7. The smallest absolute Gasteiger partial charge is 0.255 e. The average molecular weight is 825 g/mol. The second kappa shape index (κ2) is 12.9. The number of hydrogen-bond acceptors (Lipinski definition) is 4. The minimum atomic E-state index is 0.00316. The molecule has 2 aromatic heterocycles. The fourth-order valence-corrected chi connectivity index (χ4v) is 13.3. The summed E-state index contributed by atoms with van der Waals surface area (Å²) in [6.07, 6.45) is 2.44. The Hall–Kier alpha value is -4.32. The number of benzene rings is 5. The largest absolute Gasteiger partial charge is 0.311 e. The van der Waals surface area contributed by atoms with E-state index < -0.39 is 0 Å². The van der Waals surface area contributed by atoms with Crippen molar-refractivity contribution in [3.8, 4) is 0 Å². The lowest BCUT2D eigenvalue weighted by molar-refractivity contribution is 0.332. The Morgan fingerprint density at radius 3 is 1.57 bits per heavy atom. The van der Waals surface area contributed by atoms with Gasteiger partial charge in [-0.3, -0.25) is 0 Å². The maximum Gasteiger partial charge on any atom is 0.255 e. The molecule has 3 aliphatic rings. The molecule has 5 aromatic carbocycles. The SMILES string of the molecule is Cc1cc2c3c(c1)N(c1ccc(C(C)(C)C)cc1)c1sc4c(sc5cc6c(cc54)C(C)(C)CCC6(C)C)c1B3c1cc(C(C)(C)C)ccc1N2c1ccc(C(C)(C)C)cc1. The number of aryl methyl sites for hydroxylation is 1. The first kappa shape index (κ1) is 39.8. The Morgan fingerprint density at radius 1 is 0.517 bits per heavy atom. The van der Waals surface area contributed by atoms with Crippen molar-refractivity contribution in [3.05, 3.63) is 124 Å². The van der Waals surface area contributed by atoms with E-state index >= 15 is 0 Å². The molecule has 2 aliphatic heterocycles.